The van der Waals surface area contributed by atoms with Crippen LogP contribution in [-0.4, -0.2) is 56.0 Å². The van der Waals surface area contributed by atoms with Crippen LogP contribution < -0.4 is 5.73 Å². The monoisotopic (exact) mass is 214 g/mol. The van der Waals surface area contributed by atoms with Gasteiger partial charge in [0.15, 0.2) is 0 Å². The predicted molar refractivity (Wildman–Crippen MR) is 58.8 cm³/mol. The van der Waals surface area contributed by atoms with Crippen LogP contribution in [0.4, 0.5) is 0 Å². The van der Waals surface area contributed by atoms with E-state index in [-0.39, 0.29) is 12.1 Å². The van der Waals surface area contributed by atoms with Crippen molar-refractivity contribution in [1.29, 1.82) is 0 Å². The van der Waals surface area contributed by atoms with E-state index in [1.807, 2.05) is 6.92 Å². The molecule has 2 fully saturated rings. The molecule has 2 heterocycles. The fraction of sp³-hybridized carbons (Fsp3) is 1.00. The zero-order chi connectivity index (χ0) is 10.7. The number of morpholine rings is 1. The fourth-order valence-electron chi connectivity index (χ4n) is 2.46. The summed E-state index contributed by atoms with van der Waals surface area (Å²) in [6.45, 7) is 6.38. The van der Waals surface area contributed by atoms with Crippen molar-refractivity contribution in [2.24, 2.45) is 5.73 Å². The van der Waals surface area contributed by atoms with E-state index >= 15 is 0 Å². The highest BCUT2D eigenvalue weighted by Crippen LogP contribution is 2.23. The van der Waals surface area contributed by atoms with E-state index in [2.05, 4.69) is 4.90 Å². The van der Waals surface area contributed by atoms with Crippen LogP contribution in [0.25, 0.3) is 0 Å². The first-order valence-corrected chi connectivity index (χ1v) is 6.00. The summed E-state index contributed by atoms with van der Waals surface area (Å²) >= 11 is 0. The minimum Gasteiger partial charge on any atom is -0.380 e. The van der Waals surface area contributed by atoms with E-state index in [0.717, 1.165) is 19.8 Å². The number of fused-ring (bicyclic) bond motifs is 1. The van der Waals surface area contributed by atoms with E-state index in [4.69, 9.17) is 15.2 Å². The van der Waals surface area contributed by atoms with Crippen LogP contribution >= 0.6 is 0 Å². The molecule has 2 aliphatic rings. The molecule has 0 aromatic heterocycles. The molecule has 88 valence electrons. The van der Waals surface area contributed by atoms with Gasteiger partial charge in [-0.05, 0) is 26.3 Å². The lowest BCUT2D eigenvalue weighted by molar-refractivity contribution is -0.0698. The lowest BCUT2D eigenvalue weighted by Gasteiger charge is -2.37. The predicted octanol–water partition coefficient (Wildman–Crippen LogP) is 0.213. The number of nitrogens with two attached hydrogens (primary N) is 1. The Balaban J connectivity index is 1.78. The molecule has 0 radical (unpaired) electrons. The Morgan fingerprint density at radius 1 is 1.60 bits per heavy atom. The lowest BCUT2D eigenvalue weighted by atomic mass is 10.1. The summed E-state index contributed by atoms with van der Waals surface area (Å²) < 4.78 is 11.1. The topological polar surface area (TPSA) is 47.7 Å². The molecule has 2 N–H and O–H groups in total. The Morgan fingerprint density at radius 3 is 3.27 bits per heavy atom. The molecule has 15 heavy (non-hydrogen) atoms. The van der Waals surface area contributed by atoms with Gasteiger partial charge < -0.3 is 15.2 Å². The van der Waals surface area contributed by atoms with Gasteiger partial charge in [0.25, 0.3) is 0 Å². The molecule has 0 saturated carbocycles. The Bertz CT molecular complexity index is 201. The summed E-state index contributed by atoms with van der Waals surface area (Å²) in [7, 11) is 0. The summed E-state index contributed by atoms with van der Waals surface area (Å²) in [5.41, 5.74) is 6.04. The second kappa shape index (κ2) is 5.25. The molecule has 0 spiro atoms. The van der Waals surface area contributed by atoms with Gasteiger partial charge in [0.2, 0.25) is 0 Å². The molecule has 2 saturated heterocycles. The van der Waals surface area contributed by atoms with Crippen LogP contribution in [0.15, 0.2) is 0 Å². The molecule has 2 aliphatic heterocycles. The molecule has 4 heteroatoms. The highest BCUT2D eigenvalue weighted by Gasteiger charge is 2.34. The SMILES string of the molecule is CCOCC(N)C1CN2CCCC2CO1. The third-order valence-corrected chi connectivity index (χ3v) is 3.41. The molecule has 0 aliphatic carbocycles. The largest absolute Gasteiger partial charge is 0.380 e. The van der Waals surface area contributed by atoms with Crippen molar-refractivity contribution < 1.29 is 9.47 Å². The fourth-order valence-corrected chi connectivity index (χ4v) is 2.46. The van der Waals surface area contributed by atoms with E-state index in [0.29, 0.717) is 12.6 Å². The highest BCUT2D eigenvalue weighted by atomic mass is 16.5. The number of ether oxygens (including phenoxy) is 2. The van der Waals surface area contributed by atoms with E-state index in [1.54, 1.807) is 0 Å². The van der Waals surface area contributed by atoms with Crippen LogP contribution in [0.5, 0.6) is 0 Å². The maximum Gasteiger partial charge on any atom is 0.0875 e. The van der Waals surface area contributed by atoms with Gasteiger partial charge in [-0.2, -0.15) is 0 Å². The van der Waals surface area contributed by atoms with E-state index < -0.39 is 0 Å². The Hall–Kier alpha value is -0.160. The minimum absolute atomic E-state index is 0.0199. The summed E-state index contributed by atoms with van der Waals surface area (Å²) in [6.07, 6.45) is 2.75. The van der Waals surface area contributed by atoms with Gasteiger partial charge in [0.05, 0.1) is 25.4 Å². The molecule has 3 unspecified atom stereocenters. The highest BCUT2D eigenvalue weighted by molar-refractivity contribution is 4.88. The van der Waals surface area contributed by atoms with Crippen molar-refractivity contribution in [1.82, 2.24) is 4.90 Å². The number of nitrogens with zero attached hydrogens (tertiary/aromatic N) is 1. The lowest BCUT2D eigenvalue weighted by Crippen LogP contribution is -2.54. The average Bonchev–Trinajstić information content (AvgIpc) is 2.72. The number of hydrogen-bond donors (Lipinski definition) is 1. The molecule has 0 aromatic carbocycles. The van der Waals surface area contributed by atoms with Crippen molar-refractivity contribution >= 4 is 0 Å². The second-order valence-electron chi connectivity index (χ2n) is 4.49. The van der Waals surface area contributed by atoms with Gasteiger partial charge in [-0.15, -0.1) is 0 Å². The molecule has 0 bridgehead atoms. The second-order valence-corrected chi connectivity index (χ2v) is 4.49. The third kappa shape index (κ3) is 2.69. The van der Waals surface area contributed by atoms with Gasteiger partial charge >= 0.3 is 0 Å². The van der Waals surface area contributed by atoms with Crippen molar-refractivity contribution in [2.75, 3.05) is 32.9 Å². The van der Waals surface area contributed by atoms with Gasteiger partial charge in [-0.3, -0.25) is 4.90 Å². The van der Waals surface area contributed by atoms with Crippen LogP contribution in [0.2, 0.25) is 0 Å². The molecular formula is C11H22N2O2. The molecule has 0 amide bonds. The van der Waals surface area contributed by atoms with Crippen LogP contribution in [0.3, 0.4) is 0 Å². The quantitative estimate of drug-likeness (QED) is 0.727. The summed E-state index contributed by atoms with van der Waals surface area (Å²) in [5.74, 6) is 0. The van der Waals surface area contributed by atoms with Crippen LogP contribution in [-0.2, 0) is 9.47 Å². The zero-order valence-corrected chi connectivity index (χ0v) is 9.52. The van der Waals surface area contributed by atoms with Crippen molar-refractivity contribution in [3.63, 3.8) is 0 Å². The maximum absolute atomic E-state index is 6.04. The zero-order valence-electron chi connectivity index (χ0n) is 9.52. The molecule has 4 nitrogen and oxygen atoms in total. The maximum atomic E-state index is 6.04. The summed E-state index contributed by atoms with van der Waals surface area (Å²) in [5, 5.41) is 0. The first kappa shape index (κ1) is 11.3. The molecule has 0 aromatic rings. The van der Waals surface area contributed by atoms with Gasteiger partial charge in [0.1, 0.15) is 0 Å². The first-order valence-electron chi connectivity index (χ1n) is 6.00. The van der Waals surface area contributed by atoms with Crippen LogP contribution in [0.1, 0.15) is 19.8 Å². The molecular weight excluding hydrogens is 192 g/mol. The van der Waals surface area contributed by atoms with Gasteiger partial charge in [0, 0.05) is 19.2 Å². The van der Waals surface area contributed by atoms with Crippen molar-refractivity contribution in [2.45, 2.75) is 38.0 Å². The third-order valence-electron chi connectivity index (χ3n) is 3.41. The van der Waals surface area contributed by atoms with Crippen LogP contribution in [0, 0.1) is 0 Å². The average molecular weight is 214 g/mol. The number of hydrogen-bond acceptors (Lipinski definition) is 4. The smallest absolute Gasteiger partial charge is 0.0875 e. The summed E-state index contributed by atoms with van der Waals surface area (Å²) in [4.78, 5) is 2.51. The Kier molecular flexibility index (Phi) is 3.97. The normalized spacial score (nSPS) is 34.0. The Morgan fingerprint density at radius 2 is 2.47 bits per heavy atom. The van der Waals surface area contributed by atoms with Crippen molar-refractivity contribution in [3.05, 3.63) is 0 Å². The Labute approximate surface area is 91.7 Å². The first-order chi connectivity index (χ1) is 7.31. The van der Waals surface area contributed by atoms with Crippen molar-refractivity contribution in [3.8, 4) is 0 Å². The summed E-state index contributed by atoms with van der Waals surface area (Å²) in [6, 6.07) is 0.673. The molecule has 2 rings (SSSR count). The van der Waals surface area contributed by atoms with Gasteiger partial charge in [-0.25, -0.2) is 0 Å². The minimum atomic E-state index is 0.0199. The molecule has 3 atom stereocenters. The number of rotatable bonds is 4. The van der Waals surface area contributed by atoms with Gasteiger partial charge in [-0.1, -0.05) is 0 Å². The van der Waals surface area contributed by atoms with E-state index in [9.17, 15) is 0 Å². The van der Waals surface area contributed by atoms with E-state index in [1.165, 1.54) is 19.4 Å². The standard InChI is InChI=1S/C11H22N2O2/c1-2-14-8-10(12)11-6-13-5-3-4-9(13)7-15-11/h9-11H,2-8,12H2,1H3.